The van der Waals surface area contributed by atoms with Crippen LogP contribution in [0, 0.1) is 17.0 Å². The van der Waals surface area contributed by atoms with Crippen LogP contribution in [-0.2, 0) is 4.79 Å². The third kappa shape index (κ3) is 3.10. The van der Waals surface area contributed by atoms with Gasteiger partial charge in [0.2, 0.25) is 11.7 Å². The molecule has 0 bridgehead atoms. The number of nitrogens with one attached hydrogen (secondary N) is 1. The van der Waals surface area contributed by atoms with Gasteiger partial charge in [-0.05, 0) is 13.0 Å². The molecule has 1 aromatic rings. The third-order valence-electron chi connectivity index (χ3n) is 3.43. The van der Waals surface area contributed by atoms with E-state index in [1.54, 1.807) is 32.0 Å². The normalized spacial score (nSPS) is 18.4. The van der Waals surface area contributed by atoms with E-state index in [9.17, 15) is 14.9 Å². The first-order chi connectivity index (χ1) is 9.91. The van der Waals surface area contributed by atoms with Crippen LogP contribution >= 0.6 is 0 Å². The molecule has 0 aliphatic carbocycles. The van der Waals surface area contributed by atoms with Gasteiger partial charge in [0.1, 0.15) is 6.04 Å². The Hall–Kier alpha value is -2.22. The molecule has 114 valence electrons. The third-order valence-corrected chi connectivity index (χ3v) is 3.43. The number of anilines is 1. The summed E-state index contributed by atoms with van der Waals surface area (Å²) < 4.78 is 0. The van der Waals surface area contributed by atoms with Crippen LogP contribution in [0.2, 0.25) is 0 Å². The number of carbonyl (C=O) groups excluding carboxylic acids is 1. The fourth-order valence-electron chi connectivity index (χ4n) is 2.37. The lowest BCUT2D eigenvalue weighted by Crippen LogP contribution is -2.58. The highest BCUT2D eigenvalue weighted by Crippen LogP contribution is 2.28. The fraction of sp³-hybridized carbons (Fsp3) is 0.538. The molecule has 1 saturated heterocycles. The van der Waals surface area contributed by atoms with Crippen molar-refractivity contribution in [1.82, 2.24) is 15.2 Å². The molecule has 1 fully saturated rings. The predicted octanol–water partition coefficient (Wildman–Crippen LogP) is 0.165. The van der Waals surface area contributed by atoms with E-state index in [1.165, 1.54) is 11.0 Å². The van der Waals surface area contributed by atoms with Crippen molar-refractivity contribution < 1.29 is 9.72 Å². The quantitative estimate of drug-likeness (QED) is 0.631. The first-order valence-corrected chi connectivity index (χ1v) is 6.72. The molecule has 8 heteroatoms. The monoisotopic (exact) mass is 293 g/mol. The van der Waals surface area contributed by atoms with Crippen LogP contribution in [0.3, 0.4) is 0 Å². The number of rotatable bonds is 3. The highest BCUT2D eigenvalue weighted by molar-refractivity contribution is 5.86. The largest absolute Gasteiger partial charge is 0.347 e. The van der Waals surface area contributed by atoms with Crippen LogP contribution in [-0.4, -0.2) is 60.5 Å². The van der Waals surface area contributed by atoms with E-state index in [0.29, 0.717) is 25.3 Å². The lowest BCUT2D eigenvalue weighted by Gasteiger charge is -2.36. The molecule has 1 amide bonds. The van der Waals surface area contributed by atoms with Crippen molar-refractivity contribution in [3.8, 4) is 0 Å². The summed E-state index contributed by atoms with van der Waals surface area (Å²) in [7, 11) is 3.35. The first-order valence-electron chi connectivity index (χ1n) is 6.72. The van der Waals surface area contributed by atoms with E-state index in [4.69, 9.17) is 0 Å². The maximum atomic E-state index is 12.3. The summed E-state index contributed by atoms with van der Waals surface area (Å²) in [6.07, 6.45) is 0. The van der Waals surface area contributed by atoms with E-state index in [2.05, 4.69) is 10.3 Å². The van der Waals surface area contributed by atoms with E-state index < -0.39 is 11.0 Å². The van der Waals surface area contributed by atoms with Crippen molar-refractivity contribution in [1.29, 1.82) is 0 Å². The number of nitro groups is 1. The van der Waals surface area contributed by atoms with Crippen LogP contribution < -0.4 is 10.2 Å². The molecule has 2 rings (SSSR count). The SMILES string of the molecule is Cc1ccc([N+](=O)[O-])c(N2CCNCC2C(=O)N(C)C)n1. The Balaban J connectivity index is 2.44. The minimum atomic E-state index is -0.484. The zero-order chi connectivity index (χ0) is 15.6. The number of nitrogens with zero attached hydrogens (tertiary/aromatic N) is 4. The number of amides is 1. The first kappa shape index (κ1) is 15.2. The molecule has 1 N–H and O–H groups in total. The van der Waals surface area contributed by atoms with Gasteiger partial charge in [0.15, 0.2) is 0 Å². The summed E-state index contributed by atoms with van der Waals surface area (Å²) in [5.74, 6) is 0.168. The van der Waals surface area contributed by atoms with E-state index in [1.807, 2.05) is 0 Å². The summed E-state index contributed by atoms with van der Waals surface area (Å²) in [6, 6.07) is 2.56. The molecule has 1 aliphatic rings. The highest BCUT2D eigenvalue weighted by atomic mass is 16.6. The number of pyridine rings is 1. The van der Waals surface area contributed by atoms with Gasteiger partial charge in [0.25, 0.3) is 0 Å². The number of aromatic nitrogens is 1. The molecule has 1 unspecified atom stereocenters. The van der Waals surface area contributed by atoms with Crippen molar-refractivity contribution in [2.75, 3.05) is 38.6 Å². The average molecular weight is 293 g/mol. The highest BCUT2D eigenvalue weighted by Gasteiger charge is 2.34. The molecule has 1 aliphatic heterocycles. The molecule has 0 saturated carbocycles. The Kier molecular flexibility index (Phi) is 4.37. The Morgan fingerprint density at radius 1 is 1.52 bits per heavy atom. The molecule has 0 radical (unpaired) electrons. The lowest BCUT2D eigenvalue weighted by molar-refractivity contribution is -0.384. The summed E-state index contributed by atoms with van der Waals surface area (Å²) in [4.78, 5) is 30.6. The Morgan fingerprint density at radius 2 is 2.24 bits per heavy atom. The minimum absolute atomic E-state index is 0.0703. The molecule has 2 heterocycles. The standard InChI is InChI=1S/C13H19N5O3/c1-9-4-5-10(18(20)21)12(15-9)17-7-6-14-8-11(17)13(19)16(2)3/h4-5,11,14H,6-8H2,1-3H3. The average Bonchev–Trinajstić information content (AvgIpc) is 2.46. The van der Waals surface area contributed by atoms with Crippen LogP contribution in [0.25, 0.3) is 0 Å². The molecule has 0 aromatic carbocycles. The molecule has 21 heavy (non-hydrogen) atoms. The van der Waals surface area contributed by atoms with Gasteiger partial charge in [-0.2, -0.15) is 0 Å². The smallest absolute Gasteiger partial charge is 0.311 e. The fourth-order valence-corrected chi connectivity index (χ4v) is 2.37. The van der Waals surface area contributed by atoms with Gasteiger partial charge in [-0.25, -0.2) is 4.98 Å². The topological polar surface area (TPSA) is 91.6 Å². The number of aryl methyl sites for hydroxylation is 1. The molecule has 8 nitrogen and oxygen atoms in total. The van der Waals surface area contributed by atoms with Crippen LogP contribution in [0.5, 0.6) is 0 Å². The summed E-state index contributed by atoms with van der Waals surface area (Å²) in [5, 5.41) is 14.4. The molecular formula is C13H19N5O3. The van der Waals surface area contributed by atoms with E-state index in [-0.39, 0.29) is 17.4 Å². The number of hydrogen-bond acceptors (Lipinski definition) is 6. The van der Waals surface area contributed by atoms with Crippen LogP contribution in [0.4, 0.5) is 11.5 Å². The summed E-state index contributed by atoms with van der Waals surface area (Å²) in [6.45, 7) is 3.38. The Morgan fingerprint density at radius 3 is 2.86 bits per heavy atom. The summed E-state index contributed by atoms with van der Waals surface area (Å²) in [5.41, 5.74) is 0.615. The van der Waals surface area contributed by atoms with Gasteiger partial charge < -0.3 is 15.1 Å². The summed E-state index contributed by atoms with van der Waals surface area (Å²) >= 11 is 0. The minimum Gasteiger partial charge on any atom is -0.347 e. The maximum absolute atomic E-state index is 12.3. The van der Waals surface area contributed by atoms with Gasteiger partial charge in [-0.3, -0.25) is 14.9 Å². The molecular weight excluding hydrogens is 274 g/mol. The number of carbonyl (C=O) groups is 1. The number of likely N-dealkylation sites (N-methyl/N-ethyl adjacent to an activating group) is 1. The zero-order valence-electron chi connectivity index (χ0n) is 12.4. The van der Waals surface area contributed by atoms with E-state index >= 15 is 0 Å². The Labute approximate surface area is 122 Å². The van der Waals surface area contributed by atoms with Crippen LogP contribution in [0.15, 0.2) is 12.1 Å². The maximum Gasteiger partial charge on any atom is 0.311 e. The van der Waals surface area contributed by atoms with Gasteiger partial charge >= 0.3 is 5.69 Å². The second-order valence-electron chi connectivity index (χ2n) is 5.20. The van der Waals surface area contributed by atoms with Gasteiger partial charge in [0, 0.05) is 45.5 Å². The molecule has 1 atom stereocenters. The molecule has 1 aromatic heterocycles. The van der Waals surface area contributed by atoms with Gasteiger partial charge in [-0.1, -0.05) is 0 Å². The predicted molar refractivity (Wildman–Crippen MR) is 78.3 cm³/mol. The van der Waals surface area contributed by atoms with Crippen molar-refractivity contribution in [3.63, 3.8) is 0 Å². The van der Waals surface area contributed by atoms with Gasteiger partial charge in [0.05, 0.1) is 4.92 Å². The van der Waals surface area contributed by atoms with E-state index in [0.717, 1.165) is 0 Å². The lowest BCUT2D eigenvalue weighted by atomic mass is 10.1. The Bertz CT molecular complexity index is 561. The van der Waals surface area contributed by atoms with Crippen molar-refractivity contribution in [3.05, 3.63) is 27.9 Å². The van der Waals surface area contributed by atoms with Crippen molar-refractivity contribution in [2.45, 2.75) is 13.0 Å². The second-order valence-corrected chi connectivity index (χ2v) is 5.20. The number of piperazine rings is 1. The number of hydrogen-bond donors (Lipinski definition) is 1. The van der Waals surface area contributed by atoms with Crippen LogP contribution in [0.1, 0.15) is 5.69 Å². The molecule has 0 spiro atoms. The van der Waals surface area contributed by atoms with Crippen molar-refractivity contribution >= 4 is 17.4 Å². The second kappa shape index (κ2) is 6.04. The zero-order valence-corrected chi connectivity index (χ0v) is 12.4. The van der Waals surface area contributed by atoms with Gasteiger partial charge in [-0.15, -0.1) is 0 Å². The van der Waals surface area contributed by atoms with Crippen molar-refractivity contribution in [2.24, 2.45) is 0 Å².